The standard InChI is InChI=1S/C14H14N4O2/c1-2-18-9(6-7-16-18)8-17-13(19)10-4-3-5-11(15)12(10)14(17)20/h3-7H,2,8,15H2,1H3. The van der Waals surface area contributed by atoms with Crippen molar-refractivity contribution >= 4 is 17.5 Å². The molecule has 20 heavy (non-hydrogen) atoms. The van der Waals surface area contributed by atoms with Crippen molar-refractivity contribution in [3.63, 3.8) is 0 Å². The van der Waals surface area contributed by atoms with Crippen molar-refractivity contribution in [3.8, 4) is 0 Å². The second-order valence-electron chi connectivity index (χ2n) is 4.60. The van der Waals surface area contributed by atoms with Crippen LogP contribution in [-0.4, -0.2) is 26.5 Å². The molecule has 0 fully saturated rings. The molecule has 1 aromatic carbocycles. The second kappa shape index (κ2) is 4.48. The minimum Gasteiger partial charge on any atom is -0.398 e. The summed E-state index contributed by atoms with van der Waals surface area (Å²) < 4.78 is 1.76. The highest BCUT2D eigenvalue weighted by atomic mass is 16.2. The fourth-order valence-corrected chi connectivity index (χ4v) is 2.44. The highest BCUT2D eigenvalue weighted by Gasteiger charge is 2.37. The predicted octanol–water partition coefficient (Wildman–Crippen LogP) is 1.28. The average Bonchev–Trinajstić information content (AvgIpc) is 2.98. The largest absolute Gasteiger partial charge is 0.398 e. The van der Waals surface area contributed by atoms with Crippen LogP contribution in [0.3, 0.4) is 0 Å². The molecule has 0 radical (unpaired) electrons. The van der Waals surface area contributed by atoms with E-state index >= 15 is 0 Å². The summed E-state index contributed by atoms with van der Waals surface area (Å²) in [5.74, 6) is -0.645. The Kier molecular flexibility index (Phi) is 2.78. The lowest BCUT2D eigenvalue weighted by Gasteiger charge is -2.14. The fourth-order valence-electron chi connectivity index (χ4n) is 2.44. The van der Waals surface area contributed by atoms with Crippen LogP contribution in [0.2, 0.25) is 0 Å². The zero-order chi connectivity index (χ0) is 14.3. The molecule has 2 N–H and O–H groups in total. The molecule has 2 heterocycles. The number of imide groups is 1. The van der Waals surface area contributed by atoms with Gasteiger partial charge in [-0.1, -0.05) is 6.07 Å². The minimum absolute atomic E-state index is 0.208. The Morgan fingerprint density at radius 1 is 1.20 bits per heavy atom. The molecule has 6 nitrogen and oxygen atoms in total. The number of rotatable bonds is 3. The number of anilines is 1. The number of aryl methyl sites for hydroxylation is 1. The van der Waals surface area contributed by atoms with Gasteiger partial charge in [-0.25, -0.2) is 0 Å². The van der Waals surface area contributed by atoms with Gasteiger partial charge in [-0.15, -0.1) is 0 Å². The number of nitrogen functional groups attached to an aromatic ring is 1. The number of benzene rings is 1. The van der Waals surface area contributed by atoms with Gasteiger partial charge in [0.15, 0.2) is 0 Å². The smallest absolute Gasteiger partial charge is 0.264 e. The van der Waals surface area contributed by atoms with E-state index in [0.717, 1.165) is 5.69 Å². The third-order valence-electron chi connectivity index (χ3n) is 3.46. The lowest BCUT2D eigenvalue weighted by molar-refractivity contribution is 0.0639. The second-order valence-corrected chi connectivity index (χ2v) is 4.60. The third-order valence-corrected chi connectivity index (χ3v) is 3.46. The zero-order valence-corrected chi connectivity index (χ0v) is 11.0. The number of fused-ring (bicyclic) bond motifs is 1. The molecule has 1 aliphatic heterocycles. The number of nitrogens with two attached hydrogens (primary N) is 1. The highest BCUT2D eigenvalue weighted by molar-refractivity contribution is 6.23. The van der Waals surface area contributed by atoms with Gasteiger partial charge in [-0.3, -0.25) is 19.2 Å². The average molecular weight is 270 g/mol. The van der Waals surface area contributed by atoms with Gasteiger partial charge in [0.1, 0.15) is 0 Å². The monoisotopic (exact) mass is 270 g/mol. The minimum atomic E-state index is -0.341. The maximum atomic E-state index is 12.3. The molecule has 1 aliphatic rings. The Hall–Kier alpha value is -2.63. The molecule has 0 aliphatic carbocycles. The van der Waals surface area contributed by atoms with Gasteiger partial charge in [0.05, 0.1) is 23.4 Å². The maximum Gasteiger partial charge on any atom is 0.264 e. The SMILES string of the molecule is CCn1nccc1CN1C(=O)c2cccc(N)c2C1=O. The van der Waals surface area contributed by atoms with Crippen LogP contribution in [0.5, 0.6) is 0 Å². The van der Waals surface area contributed by atoms with Crippen molar-refractivity contribution in [1.82, 2.24) is 14.7 Å². The van der Waals surface area contributed by atoms with E-state index < -0.39 is 0 Å². The fraction of sp³-hybridized carbons (Fsp3) is 0.214. The number of aromatic nitrogens is 2. The first kappa shape index (κ1) is 12.4. The van der Waals surface area contributed by atoms with Gasteiger partial charge in [-0.05, 0) is 25.1 Å². The quantitative estimate of drug-likeness (QED) is 0.673. The summed E-state index contributed by atoms with van der Waals surface area (Å²) in [7, 11) is 0. The zero-order valence-electron chi connectivity index (χ0n) is 11.0. The summed E-state index contributed by atoms with van der Waals surface area (Å²) in [6, 6.07) is 6.74. The number of hydrogen-bond donors (Lipinski definition) is 1. The molecule has 2 amide bonds. The topological polar surface area (TPSA) is 81.2 Å². The van der Waals surface area contributed by atoms with Gasteiger partial charge in [0, 0.05) is 18.4 Å². The van der Waals surface area contributed by atoms with Crippen molar-refractivity contribution in [2.75, 3.05) is 5.73 Å². The van der Waals surface area contributed by atoms with Crippen molar-refractivity contribution in [1.29, 1.82) is 0 Å². The first-order chi connectivity index (χ1) is 9.63. The summed E-state index contributed by atoms with van der Waals surface area (Å²) in [5, 5.41) is 4.14. The molecule has 1 aromatic heterocycles. The molecule has 0 saturated carbocycles. The Labute approximate surface area is 115 Å². The molecule has 3 rings (SSSR count). The third kappa shape index (κ3) is 1.69. The number of amides is 2. The molecule has 0 unspecified atom stereocenters. The number of carbonyl (C=O) groups excluding carboxylic acids is 2. The Balaban J connectivity index is 1.96. The van der Waals surface area contributed by atoms with E-state index in [4.69, 9.17) is 5.73 Å². The van der Waals surface area contributed by atoms with Crippen LogP contribution in [0.15, 0.2) is 30.5 Å². The van der Waals surface area contributed by atoms with Crippen molar-refractivity contribution < 1.29 is 9.59 Å². The van der Waals surface area contributed by atoms with E-state index in [-0.39, 0.29) is 18.4 Å². The van der Waals surface area contributed by atoms with Crippen LogP contribution in [0.4, 0.5) is 5.69 Å². The maximum absolute atomic E-state index is 12.3. The van der Waals surface area contributed by atoms with E-state index in [2.05, 4.69) is 5.10 Å². The number of carbonyl (C=O) groups is 2. The van der Waals surface area contributed by atoms with Gasteiger partial charge < -0.3 is 5.73 Å². The molecule has 6 heteroatoms. The molecular formula is C14H14N4O2. The summed E-state index contributed by atoms with van der Waals surface area (Å²) in [5.41, 5.74) is 7.64. The highest BCUT2D eigenvalue weighted by Crippen LogP contribution is 2.28. The van der Waals surface area contributed by atoms with Gasteiger partial charge in [0.25, 0.3) is 11.8 Å². The molecule has 0 spiro atoms. The van der Waals surface area contributed by atoms with Crippen molar-refractivity contribution in [3.05, 3.63) is 47.3 Å². The molecular weight excluding hydrogens is 256 g/mol. The van der Waals surface area contributed by atoms with Gasteiger partial charge in [-0.2, -0.15) is 5.10 Å². The first-order valence-electron chi connectivity index (χ1n) is 6.39. The first-order valence-corrected chi connectivity index (χ1v) is 6.39. The van der Waals surface area contributed by atoms with Crippen LogP contribution in [0.25, 0.3) is 0 Å². The molecule has 0 bridgehead atoms. The van der Waals surface area contributed by atoms with Crippen LogP contribution in [0, 0.1) is 0 Å². The normalized spacial score (nSPS) is 13.9. The van der Waals surface area contributed by atoms with Crippen LogP contribution in [0.1, 0.15) is 33.3 Å². The summed E-state index contributed by atoms with van der Waals surface area (Å²) >= 11 is 0. The van der Waals surface area contributed by atoms with Crippen LogP contribution >= 0.6 is 0 Å². The Morgan fingerprint density at radius 2 is 2.00 bits per heavy atom. The lowest BCUT2D eigenvalue weighted by Crippen LogP contribution is -2.30. The Bertz CT molecular complexity index is 705. The summed E-state index contributed by atoms with van der Waals surface area (Å²) in [4.78, 5) is 25.9. The van der Waals surface area contributed by atoms with E-state index in [1.807, 2.05) is 6.92 Å². The van der Waals surface area contributed by atoms with Crippen LogP contribution < -0.4 is 5.73 Å². The van der Waals surface area contributed by atoms with Crippen LogP contribution in [-0.2, 0) is 13.1 Å². The molecule has 102 valence electrons. The van der Waals surface area contributed by atoms with Crippen molar-refractivity contribution in [2.24, 2.45) is 0 Å². The van der Waals surface area contributed by atoms with Crippen molar-refractivity contribution in [2.45, 2.75) is 20.0 Å². The van der Waals surface area contributed by atoms with E-state index in [0.29, 0.717) is 23.4 Å². The van der Waals surface area contributed by atoms with Gasteiger partial charge in [0.2, 0.25) is 0 Å². The summed E-state index contributed by atoms with van der Waals surface area (Å²) in [6.07, 6.45) is 1.66. The van der Waals surface area contributed by atoms with E-state index in [9.17, 15) is 9.59 Å². The molecule has 2 aromatic rings. The number of hydrogen-bond acceptors (Lipinski definition) is 4. The van der Waals surface area contributed by atoms with E-state index in [1.54, 1.807) is 35.1 Å². The number of nitrogens with zero attached hydrogens (tertiary/aromatic N) is 3. The Morgan fingerprint density at radius 3 is 2.70 bits per heavy atom. The van der Waals surface area contributed by atoms with Gasteiger partial charge >= 0.3 is 0 Å². The predicted molar refractivity (Wildman–Crippen MR) is 73.0 cm³/mol. The van der Waals surface area contributed by atoms with E-state index in [1.165, 1.54) is 4.90 Å². The molecule has 0 atom stereocenters. The molecule has 0 saturated heterocycles. The lowest BCUT2D eigenvalue weighted by atomic mass is 10.1. The summed E-state index contributed by atoms with van der Waals surface area (Å²) in [6.45, 7) is 2.85.